The zero-order chi connectivity index (χ0) is 20.1. The van der Waals surface area contributed by atoms with Gasteiger partial charge in [-0.05, 0) is 97.7 Å². The molecule has 0 bridgehead atoms. The molecule has 2 N–H and O–H groups in total. The molecule has 1 nitrogen and oxygen atoms in total. The number of nitrogens with two attached hydrogens (primary N) is 1. The maximum Gasteiger partial charge on any atom is 0.00766 e. The van der Waals surface area contributed by atoms with Crippen molar-refractivity contribution in [2.24, 2.45) is 52.1 Å². The summed E-state index contributed by atoms with van der Waals surface area (Å²) in [6.45, 7) is 12.7. The molecular formula is C27H47N. The summed E-state index contributed by atoms with van der Waals surface area (Å²) >= 11 is 0. The minimum atomic E-state index is 0.423. The van der Waals surface area contributed by atoms with Gasteiger partial charge in [-0.1, -0.05) is 65.5 Å². The highest BCUT2D eigenvalue weighted by Crippen LogP contribution is 2.67. The van der Waals surface area contributed by atoms with Gasteiger partial charge in [0.15, 0.2) is 0 Å². The van der Waals surface area contributed by atoms with Crippen LogP contribution in [0.5, 0.6) is 0 Å². The van der Waals surface area contributed by atoms with E-state index < -0.39 is 0 Å². The fraction of sp³-hybridized carbons (Fsp3) is 0.926. The molecule has 0 aromatic rings. The highest BCUT2D eigenvalue weighted by Gasteiger charge is 2.58. The molecule has 0 radical (unpaired) electrons. The van der Waals surface area contributed by atoms with Gasteiger partial charge in [0.05, 0.1) is 0 Å². The van der Waals surface area contributed by atoms with E-state index in [0.29, 0.717) is 16.9 Å². The smallest absolute Gasteiger partial charge is 0.00766 e. The van der Waals surface area contributed by atoms with Crippen molar-refractivity contribution in [2.45, 2.75) is 111 Å². The van der Waals surface area contributed by atoms with E-state index >= 15 is 0 Å². The van der Waals surface area contributed by atoms with E-state index in [2.05, 4.69) is 40.7 Å². The fourth-order valence-electron chi connectivity index (χ4n) is 8.71. The van der Waals surface area contributed by atoms with Crippen LogP contribution in [-0.2, 0) is 0 Å². The standard InChI is InChI=1S/C27H47N/c1-18(2)7-6-8-19(3)23-11-12-24-22-10-9-20-17-21(28)13-15-26(20,4)25(22)14-16-27(23,24)5/h9,18-19,21-25H,6-8,10-17,28H2,1-5H3/t19-,21+,22+,23?,24+,25?,26?,27?/m1/s1. The molecule has 4 unspecified atom stereocenters. The zero-order valence-corrected chi connectivity index (χ0v) is 19.5. The molecule has 4 aliphatic carbocycles. The molecule has 0 aromatic carbocycles. The lowest BCUT2D eigenvalue weighted by atomic mass is 9.47. The van der Waals surface area contributed by atoms with Gasteiger partial charge >= 0.3 is 0 Å². The molecule has 0 aromatic heterocycles. The van der Waals surface area contributed by atoms with Crippen LogP contribution in [-0.4, -0.2) is 6.04 Å². The van der Waals surface area contributed by atoms with E-state index in [1.54, 1.807) is 5.57 Å². The third-order valence-corrected chi connectivity index (χ3v) is 10.3. The number of rotatable bonds is 5. The van der Waals surface area contributed by atoms with E-state index in [1.807, 2.05) is 0 Å². The summed E-state index contributed by atoms with van der Waals surface area (Å²) in [4.78, 5) is 0. The summed E-state index contributed by atoms with van der Waals surface area (Å²) in [7, 11) is 0. The summed E-state index contributed by atoms with van der Waals surface area (Å²) < 4.78 is 0. The van der Waals surface area contributed by atoms with Crippen LogP contribution in [0.3, 0.4) is 0 Å². The van der Waals surface area contributed by atoms with E-state index in [-0.39, 0.29) is 0 Å². The summed E-state index contributed by atoms with van der Waals surface area (Å²) in [6, 6.07) is 0.423. The SMILES string of the molecule is CC(C)CCC[C@@H](C)C1CC[C@H]2[C@@H]3CC=C4C[C@@H](N)CCC4(C)C3CCC12C. The van der Waals surface area contributed by atoms with E-state index in [9.17, 15) is 0 Å². The minimum Gasteiger partial charge on any atom is -0.327 e. The Balaban J connectivity index is 1.49. The van der Waals surface area contributed by atoms with Gasteiger partial charge < -0.3 is 5.73 Å². The van der Waals surface area contributed by atoms with Crippen molar-refractivity contribution < 1.29 is 0 Å². The molecule has 0 spiro atoms. The van der Waals surface area contributed by atoms with Gasteiger partial charge in [-0.25, -0.2) is 0 Å². The maximum absolute atomic E-state index is 6.34. The lowest BCUT2D eigenvalue weighted by molar-refractivity contribution is -0.0508. The third-order valence-electron chi connectivity index (χ3n) is 10.3. The molecular weight excluding hydrogens is 338 g/mol. The largest absolute Gasteiger partial charge is 0.327 e. The summed E-state index contributed by atoms with van der Waals surface area (Å²) in [5, 5.41) is 0. The minimum absolute atomic E-state index is 0.423. The quantitative estimate of drug-likeness (QED) is 0.492. The van der Waals surface area contributed by atoms with Crippen LogP contribution in [0.15, 0.2) is 11.6 Å². The van der Waals surface area contributed by atoms with Crippen molar-refractivity contribution in [3.8, 4) is 0 Å². The third kappa shape index (κ3) is 3.42. The fourth-order valence-corrected chi connectivity index (χ4v) is 8.71. The molecule has 0 heterocycles. The lowest BCUT2D eigenvalue weighted by Gasteiger charge is -2.58. The van der Waals surface area contributed by atoms with Crippen molar-refractivity contribution in [3.05, 3.63) is 11.6 Å². The van der Waals surface area contributed by atoms with Crippen molar-refractivity contribution >= 4 is 0 Å². The highest BCUT2D eigenvalue weighted by atomic mass is 14.7. The van der Waals surface area contributed by atoms with Crippen molar-refractivity contribution in [1.82, 2.24) is 0 Å². The van der Waals surface area contributed by atoms with Crippen LogP contribution in [0.1, 0.15) is 105 Å². The number of hydrogen-bond acceptors (Lipinski definition) is 1. The number of fused-ring (bicyclic) bond motifs is 5. The second-order valence-electron chi connectivity index (χ2n) is 12.3. The van der Waals surface area contributed by atoms with Crippen molar-refractivity contribution in [1.29, 1.82) is 0 Å². The van der Waals surface area contributed by atoms with Gasteiger partial charge in [-0.3, -0.25) is 0 Å². The monoisotopic (exact) mass is 385 g/mol. The Morgan fingerprint density at radius 2 is 1.79 bits per heavy atom. The highest BCUT2D eigenvalue weighted by molar-refractivity contribution is 5.25. The molecule has 4 aliphatic rings. The van der Waals surface area contributed by atoms with Gasteiger partial charge in [0.2, 0.25) is 0 Å². The molecule has 3 fully saturated rings. The maximum atomic E-state index is 6.34. The molecule has 0 amide bonds. The first-order valence-electron chi connectivity index (χ1n) is 12.7. The van der Waals surface area contributed by atoms with Crippen LogP contribution in [0.25, 0.3) is 0 Å². The molecule has 4 rings (SSSR count). The summed E-state index contributed by atoms with van der Waals surface area (Å²) in [5.41, 5.74) is 9.18. The van der Waals surface area contributed by atoms with Gasteiger partial charge in [0, 0.05) is 6.04 Å². The van der Waals surface area contributed by atoms with Crippen molar-refractivity contribution in [3.63, 3.8) is 0 Å². The average molecular weight is 386 g/mol. The number of hydrogen-bond donors (Lipinski definition) is 1. The normalized spacial score (nSPS) is 46.5. The summed E-state index contributed by atoms with van der Waals surface area (Å²) in [6.07, 6.45) is 18.1. The van der Waals surface area contributed by atoms with E-state index in [4.69, 9.17) is 5.73 Å². The Bertz CT molecular complexity index is 591. The average Bonchev–Trinajstić information content (AvgIpc) is 2.99. The van der Waals surface area contributed by atoms with Gasteiger partial charge in [-0.15, -0.1) is 0 Å². The van der Waals surface area contributed by atoms with Gasteiger partial charge in [0.25, 0.3) is 0 Å². The van der Waals surface area contributed by atoms with Crippen LogP contribution >= 0.6 is 0 Å². The van der Waals surface area contributed by atoms with Crippen LogP contribution in [0.2, 0.25) is 0 Å². The predicted molar refractivity (Wildman–Crippen MR) is 121 cm³/mol. The Kier molecular flexibility index (Phi) is 5.80. The Hall–Kier alpha value is -0.300. The molecule has 8 atom stereocenters. The van der Waals surface area contributed by atoms with Gasteiger partial charge in [-0.2, -0.15) is 0 Å². The zero-order valence-electron chi connectivity index (χ0n) is 19.5. The molecule has 160 valence electrons. The number of allylic oxidation sites excluding steroid dienone is 1. The lowest BCUT2D eigenvalue weighted by Crippen LogP contribution is -2.51. The first-order chi connectivity index (χ1) is 13.3. The Labute approximate surface area is 175 Å². The molecule has 0 saturated heterocycles. The molecule has 3 saturated carbocycles. The topological polar surface area (TPSA) is 26.0 Å². The second kappa shape index (κ2) is 7.75. The van der Waals surface area contributed by atoms with E-state index in [0.717, 1.165) is 35.5 Å². The molecule has 28 heavy (non-hydrogen) atoms. The Morgan fingerprint density at radius 1 is 1.00 bits per heavy atom. The van der Waals surface area contributed by atoms with Crippen molar-refractivity contribution in [2.75, 3.05) is 0 Å². The first-order valence-corrected chi connectivity index (χ1v) is 12.7. The molecule has 0 aliphatic heterocycles. The summed E-state index contributed by atoms with van der Waals surface area (Å²) in [5.74, 6) is 5.63. The van der Waals surface area contributed by atoms with Gasteiger partial charge in [0.1, 0.15) is 0 Å². The van der Waals surface area contributed by atoms with Crippen LogP contribution in [0, 0.1) is 46.3 Å². The Morgan fingerprint density at radius 3 is 2.54 bits per heavy atom. The van der Waals surface area contributed by atoms with E-state index in [1.165, 1.54) is 70.6 Å². The van der Waals surface area contributed by atoms with Crippen LogP contribution in [0.4, 0.5) is 0 Å². The predicted octanol–water partition coefficient (Wildman–Crippen LogP) is 7.36. The molecule has 1 heteroatoms. The first kappa shape index (κ1) is 21.0. The second-order valence-corrected chi connectivity index (χ2v) is 12.3. The van der Waals surface area contributed by atoms with Crippen LogP contribution < -0.4 is 5.73 Å².